The smallest absolute Gasteiger partial charge is 0.260 e. The Morgan fingerprint density at radius 2 is 2.04 bits per heavy atom. The van der Waals surface area contributed by atoms with E-state index >= 15 is 0 Å². The van der Waals surface area contributed by atoms with Crippen LogP contribution in [0.15, 0.2) is 47.6 Å². The number of nitrogens with one attached hydrogen (secondary N) is 1. The predicted octanol–water partition coefficient (Wildman–Crippen LogP) is 2.61. The number of carbonyl (C=O) groups is 1. The van der Waals surface area contributed by atoms with E-state index in [2.05, 4.69) is 15.5 Å². The number of ether oxygens (including phenoxy) is 2. The molecule has 3 aromatic rings. The first-order valence-electron chi connectivity index (χ1n) is 8.27. The van der Waals surface area contributed by atoms with Crippen molar-refractivity contribution in [2.45, 2.75) is 20.4 Å². The maximum Gasteiger partial charge on any atom is 0.260 e. The van der Waals surface area contributed by atoms with Crippen molar-refractivity contribution in [3.8, 4) is 11.5 Å². The van der Waals surface area contributed by atoms with E-state index in [1.165, 1.54) is 0 Å². The lowest BCUT2D eigenvalue weighted by Gasteiger charge is -2.07. The molecule has 0 unspecified atom stereocenters. The molecule has 7 nitrogen and oxygen atoms in total. The third-order valence-corrected chi connectivity index (χ3v) is 4.29. The number of hydrogen-bond donors (Lipinski definition) is 1. The van der Waals surface area contributed by atoms with Crippen LogP contribution in [-0.4, -0.2) is 28.0 Å². The van der Waals surface area contributed by atoms with E-state index in [4.69, 9.17) is 9.47 Å². The Balaban J connectivity index is 1.47. The maximum atomic E-state index is 12.3. The molecule has 1 aliphatic heterocycles. The van der Waals surface area contributed by atoms with Crippen LogP contribution in [0, 0.1) is 6.92 Å². The normalized spacial score (nSPS) is 13.2. The molecule has 0 spiro atoms. The van der Waals surface area contributed by atoms with E-state index in [1.807, 2.05) is 60.9 Å². The fourth-order valence-corrected chi connectivity index (χ4v) is 2.91. The average molecular weight is 350 g/mol. The number of imidazole rings is 1. The number of fused-ring (bicyclic) bond motifs is 2. The third kappa shape index (κ3) is 2.99. The van der Waals surface area contributed by atoms with Gasteiger partial charge in [-0.3, -0.25) is 4.79 Å². The standard InChI is InChI=1S/C19H18N4O3/c1-12(14-7-8-17-18(9-14)26-11-25-17)21-22-19(24)10-23-13(2)20-15-5-3-4-6-16(15)23/h3-9H,10-11H2,1-2H3,(H,22,24)/b21-12+. The van der Waals surface area contributed by atoms with Gasteiger partial charge in [0.2, 0.25) is 6.79 Å². The summed E-state index contributed by atoms with van der Waals surface area (Å²) in [5.41, 5.74) is 5.95. The Morgan fingerprint density at radius 3 is 2.92 bits per heavy atom. The molecule has 2 heterocycles. The number of hydrazone groups is 1. The zero-order chi connectivity index (χ0) is 18.1. The number of benzene rings is 2. The molecule has 4 rings (SSSR count). The van der Waals surface area contributed by atoms with E-state index in [0.717, 1.165) is 22.4 Å². The molecule has 0 bridgehead atoms. The fraction of sp³-hybridized carbons (Fsp3) is 0.211. The van der Waals surface area contributed by atoms with E-state index < -0.39 is 0 Å². The van der Waals surface area contributed by atoms with Gasteiger partial charge in [0.25, 0.3) is 5.91 Å². The summed E-state index contributed by atoms with van der Waals surface area (Å²) >= 11 is 0. The summed E-state index contributed by atoms with van der Waals surface area (Å²) in [7, 11) is 0. The summed E-state index contributed by atoms with van der Waals surface area (Å²) in [6.07, 6.45) is 0. The summed E-state index contributed by atoms with van der Waals surface area (Å²) in [5, 5.41) is 4.20. The largest absolute Gasteiger partial charge is 0.454 e. The van der Waals surface area contributed by atoms with Crippen LogP contribution in [-0.2, 0) is 11.3 Å². The lowest BCUT2D eigenvalue weighted by atomic mass is 10.1. The molecule has 0 saturated carbocycles. The van der Waals surface area contributed by atoms with Gasteiger partial charge in [0.05, 0.1) is 16.7 Å². The highest BCUT2D eigenvalue weighted by Gasteiger charge is 2.14. The number of carbonyl (C=O) groups excluding carboxylic acids is 1. The van der Waals surface area contributed by atoms with E-state index in [9.17, 15) is 4.79 Å². The van der Waals surface area contributed by atoms with Gasteiger partial charge in [-0.25, -0.2) is 10.4 Å². The van der Waals surface area contributed by atoms with Crippen molar-refractivity contribution < 1.29 is 14.3 Å². The maximum absolute atomic E-state index is 12.3. The second-order valence-electron chi connectivity index (χ2n) is 6.03. The van der Waals surface area contributed by atoms with Crippen LogP contribution in [0.3, 0.4) is 0 Å². The quantitative estimate of drug-likeness (QED) is 0.580. The predicted molar refractivity (Wildman–Crippen MR) is 97.4 cm³/mol. The highest BCUT2D eigenvalue weighted by molar-refractivity contribution is 5.99. The first kappa shape index (κ1) is 16.1. The van der Waals surface area contributed by atoms with Crippen LogP contribution in [0.1, 0.15) is 18.3 Å². The zero-order valence-corrected chi connectivity index (χ0v) is 14.5. The van der Waals surface area contributed by atoms with Crippen molar-refractivity contribution >= 4 is 22.7 Å². The van der Waals surface area contributed by atoms with Crippen molar-refractivity contribution in [3.63, 3.8) is 0 Å². The van der Waals surface area contributed by atoms with Gasteiger partial charge >= 0.3 is 0 Å². The molecular formula is C19H18N4O3. The zero-order valence-electron chi connectivity index (χ0n) is 14.5. The molecule has 1 aliphatic rings. The van der Waals surface area contributed by atoms with Crippen LogP contribution in [0.5, 0.6) is 11.5 Å². The van der Waals surface area contributed by atoms with Crippen LogP contribution in [0.2, 0.25) is 0 Å². The van der Waals surface area contributed by atoms with Crippen LogP contribution in [0.25, 0.3) is 11.0 Å². The molecule has 7 heteroatoms. The molecular weight excluding hydrogens is 332 g/mol. The van der Waals surface area contributed by atoms with Crippen LogP contribution >= 0.6 is 0 Å². The summed E-state index contributed by atoms with van der Waals surface area (Å²) in [6.45, 7) is 4.10. The highest BCUT2D eigenvalue weighted by atomic mass is 16.7. The van der Waals surface area contributed by atoms with Gasteiger partial charge in [-0.2, -0.15) is 5.10 Å². The molecule has 26 heavy (non-hydrogen) atoms. The molecule has 0 aliphatic carbocycles. The monoisotopic (exact) mass is 350 g/mol. The van der Waals surface area contributed by atoms with Crippen molar-refractivity contribution in [3.05, 3.63) is 53.9 Å². The topological polar surface area (TPSA) is 77.7 Å². The number of aryl methyl sites for hydroxylation is 1. The number of amides is 1. The molecule has 0 radical (unpaired) electrons. The van der Waals surface area contributed by atoms with Crippen molar-refractivity contribution in [1.82, 2.24) is 15.0 Å². The average Bonchev–Trinajstić information content (AvgIpc) is 3.23. The fourth-order valence-electron chi connectivity index (χ4n) is 2.91. The third-order valence-electron chi connectivity index (χ3n) is 4.29. The first-order valence-corrected chi connectivity index (χ1v) is 8.27. The van der Waals surface area contributed by atoms with Gasteiger partial charge in [0, 0.05) is 5.56 Å². The lowest BCUT2D eigenvalue weighted by Crippen LogP contribution is -2.24. The summed E-state index contributed by atoms with van der Waals surface area (Å²) in [4.78, 5) is 16.8. The number of hydrogen-bond acceptors (Lipinski definition) is 5. The minimum absolute atomic E-state index is 0.157. The minimum Gasteiger partial charge on any atom is -0.454 e. The summed E-state index contributed by atoms with van der Waals surface area (Å²) in [6, 6.07) is 13.3. The first-order chi connectivity index (χ1) is 12.6. The van der Waals surface area contributed by atoms with E-state index in [0.29, 0.717) is 17.2 Å². The molecule has 2 aromatic carbocycles. The molecule has 1 amide bonds. The number of nitrogens with zero attached hydrogens (tertiary/aromatic N) is 3. The van der Waals surface area contributed by atoms with Crippen LogP contribution < -0.4 is 14.9 Å². The molecule has 1 N–H and O–H groups in total. The Kier molecular flexibility index (Phi) is 4.04. The number of aromatic nitrogens is 2. The van der Waals surface area contributed by atoms with Crippen molar-refractivity contribution in [2.75, 3.05) is 6.79 Å². The van der Waals surface area contributed by atoms with Crippen molar-refractivity contribution in [2.24, 2.45) is 5.10 Å². The number of para-hydroxylation sites is 2. The van der Waals surface area contributed by atoms with Gasteiger partial charge < -0.3 is 14.0 Å². The lowest BCUT2D eigenvalue weighted by molar-refractivity contribution is -0.121. The summed E-state index contributed by atoms with van der Waals surface area (Å²) in [5.74, 6) is 1.98. The highest BCUT2D eigenvalue weighted by Crippen LogP contribution is 2.32. The Hall–Kier alpha value is -3.35. The SMILES string of the molecule is C/C(=N\NC(=O)Cn1c(C)nc2ccccc21)c1ccc2c(c1)OCO2. The molecule has 132 valence electrons. The van der Waals surface area contributed by atoms with Gasteiger partial charge in [-0.15, -0.1) is 0 Å². The summed E-state index contributed by atoms with van der Waals surface area (Å²) < 4.78 is 12.5. The molecule has 1 aromatic heterocycles. The van der Waals surface area contributed by atoms with E-state index in [-0.39, 0.29) is 19.2 Å². The molecule has 0 atom stereocenters. The van der Waals surface area contributed by atoms with E-state index in [1.54, 1.807) is 0 Å². The van der Waals surface area contributed by atoms with Crippen LogP contribution in [0.4, 0.5) is 0 Å². The second kappa shape index (κ2) is 6.51. The van der Waals surface area contributed by atoms with Gasteiger partial charge in [0.1, 0.15) is 12.4 Å². The molecule has 0 fully saturated rings. The number of rotatable bonds is 4. The second-order valence-corrected chi connectivity index (χ2v) is 6.03. The van der Waals surface area contributed by atoms with Gasteiger partial charge in [0.15, 0.2) is 11.5 Å². The van der Waals surface area contributed by atoms with Gasteiger partial charge in [-0.05, 0) is 44.2 Å². The Morgan fingerprint density at radius 1 is 1.23 bits per heavy atom. The molecule has 0 saturated heterocycles. The Bertz CT molecular complexity index is 1020. The Labute approximate surface area is 150 Å². The van der Waals surface area contributed by atoms with Crippen molar-refractivity contribution in [1.29, 1.82) is 0 Å². The minimum atomic E-state index is -0.212. The van der Waals surface area contributed by atoms with Gasteiger partial charge in [-0.1, -0.05) is 12.1 Å².